The molecule has 1 unspecified atom stereocenters. The zero-order valence-electron chi connectivity index (χ0n) is 12.2. The summed E-state index contributed by atoms with van der Waals surface area (Å²) < 4.78 is 5.27. The molecule has 0 aliphatic carbocycles. The molecule has 1 aromatic rings. The monoisotopic (exact) mass is 312 g/mol. The first-order valence-electron chi connectivity index (χ1n) is 7.28. The first-order valence-corrected chi connectivity index (χ1v) is 8.16. The molecule has 1 fully saturated rings. The van der Waals surface area contributed by atoms with Crippen LogP contribution in [0.3, 0.4) is 0 Å². The number of rotatable bonds is 7. The van der Waals surface area contributed by atoms with Gasteiger partial charge in [0.2, 0.25) is 0 Å². The van der Waals surface area contributed by atoms with Gasteiger partial charge < -0.3 is 20.9 Å². The second kappa shape index (κ2) is 8.99. The highest BCUT2D eigenvalue weighted by Gasteiger charge is 2.14. The Morgan fingerprint density at radius 1 is 1.52 bits per heavy atom. The zero-order valence-corrected chi connectivity index (χ0v) is 13.0. The number of aliphatic hydroxyl groups is 1. The molecule has 7 heteroatoms. The van der Waals surface area contributed by atoms with Crippen LogP contribution in [-0.4, -0.2) is 68.0 Å². The highest BCUT2D eigenvalue weighted by atomic mass is 32.1. The summed E-state index contributed by atoms with van der Waals surface area (Å²) in [6, 6.07) is 4.14. The van der Waals surface area contributed by atoms with Crippen LogP contribution in [-0.2, 0) is 11.2 Å². The number of aliphatic hydroxyl groups excluding tert-OH is 1. The van der Waals surface area contributed by atoms with E-state index in [4.69, 9.17) is 10.5 Å². The van der Waals surface area contributed by atoms with Gasteiger partial charge in [0, 0.05) is 31.1 Å². The topological polar surface area (TPSA) is 83.1 Å². The van der Waals surface area contributed by atoms with Gasteiger partial charge in [0.05, 0.1) is 25.9 Å². The van der Waals surface area contributed by atoms with Crippen molar-refractivity contribution in [3.63, 3.8) is 0 Å². The van der Waals surface area contributed by atoms with Crippen molar-refractivity contribution >= 4 is 17.3 Å². The Morgan fingerprint density at radius 2 is 2.33 bits per heavy atom. The fourth-order valence-corrected chi connectivity index (χ4v) is 2.88. The molecule has 6 nitrogen and oxygen atoms in total. The Balaban J connectivity index is 1.60. The normalized spacial score (nSPS) is 18.6. The van der Waals surface area contributed by atoms with Crippen molar-refractivity contribution in [1.82, 2.24) is 10.2 Å². The van der Waals surface area contributed by atoms with Crippen LogP contribution in [0, 0.1) is 0 Å². The minimum atomic E-state index is -0.485. The van der Waals surface area contributed by atoms with Gasteiger partial charge in [-0.1, -0.05) is 6.07 Å². The number of nitrogens with zero attached hydrogens (tertiary/aromatic N) is 2. The number of β-amino-alcohol motifs (C(OH)–C–C–N with tert-alkyl or cyclic N) is 1. The van der Waals surface area contributed by atoms with Gasteiger partial charge in [0.15, 0.2) is 5.96 Å². The Bertz CT molecular complexity index is 419. The summed E-state index contributed by atoms with van der Waals surface area (Å²) in [4.78, 5) is 7.69. The third kappa shape index (κ3) is 6.43. The van der Waals surface area contributed by atoms with Crippen molar-refractivity contribution in [2.45, 2.75) is 12.5 Å². The summed E-state index contributed by atoms with van der Waals surface area (Å²) in [6.45, 7) is 4.93. The average Bonchev–Trinajstić information content (AvgIpc) is 2.99. The number of thiophene rings is 1. The molecule has 1 aliphatic heterocycles. The minimum absolute atomic E-state index is 0.329. The first kappa shape index (κ1) is 16.2. The Kier molecular flexibility index (Phi) is 6.94. The molecule has 0 saturated carbocycles. The zero-order chi connectivity index (χ0) is 14.9. The van der Waals surface area contributed by atoms with Crippen LogP contribution in [0.25, 0.3) is 0 Å². The second-order valence-electron chi connectivity index (χ2n) is 5.05. The predicted molar refractivity (Wildman–Crippen MR) is 85.8 cm³/mol. The van der Waals surface area contributed by atoms with Crippen molar-refractivity contribution in [2.75, 3.05) is 45.9 Å². The Hall–Kier alpha value is -1.15. The first-order chi connectivity index (χ1) is 10.2. The smallest absolute Gasteiger partial charge is 0.188 e. The van der Waals surface area contributed by atoms with Gasteiger partial charge in [0.1, 0.15) is 0 Å². The van der Waals surface area contributed by atoms with Crippen molar-refractivity contribution in [1.29, 1.82) is 0 Å². The Morgan fingerprint density at radius 3 is 3.05 bits per heavy atom. The molecule has 0 bridgehead atoms. The van der Waals surface area contributed by atoms with Crippen molar-refractivity contribution in [3.05, 3.63) is 22.4 Å². The van der Waals surface area contributed by atoms with Crippen LogP contribution in [0.15, 0.2) is 22.5 Å². The number of morpholine rings is 1. The summed E-state index contributed by atoms with van der Waals surface area (Å²) in [7, 11) is 0. The van der Waals surface area contributed by atoms with Gasteiger partial charge in [-0.05, 0) is 17.9 Å². The molecule has 1 atom stereocenters. The molecule has 21 heavy (non-hydrogen) atoms. The molecule has 4 N–H and O–H groups in total. The number of nitrogens with two attached hydrogens (primary N) is 1. The third-order valence-corrected chi connectivity index (χ3v) is 4.24. The fraction of sp³-hybridized carbons (Fsp3) is 0.643. The standard InChI is InChI=1S/C14H24N4O2S/c15-14(16-4-3-13-2-1-9-21-13)17-10-12(19)11-18-5-7-20-8-6-18/h1-2,9,12,19H,3-8,10-11H2,(H3,15,16,17). The van der Waals surface area contributed by atoms with E-state index >= 15 is 0 Å². The maximum Gasteiger partial charge on any atom is 0.188 e. The third-order valence-electron chi connectivity index (χ3n) is 3.30. The lowest BCUT2D eigenvalue weighted by molar-refractivity contribution is 0.0165. The summed E-state index contributed by atoms with van der Waals surface area (Å²) >= 11 is 1.74. The second-order valence-corrected chi connectivity index (χ2v) is 6.08. The molecule has 0 amide bonds. The van der Waals surface area contributed by atoms with Gasteiger partial charge in [0.25, 0.3) is 0 Å². The van der Waals surface area contributed by atoms with Crippen LogP contribution in [0.5, 0.6) is 0 Å². The number of ether oxygens (including phenoxy) is 1. The number of hydrogen-bond acceptors (Lipinski definition) is 5. The average molecular weight is 312 g/mol. The van der Waals surface area contributed by atoms with Crippen LogP contribution < -0.4 is 11.1 Å². The lowest BCUT2D eigenvalue weighted by atomic mass is 10.3. The largest absolute Gasteiger partial charge is 0.390 e. The van der Waals surface area contributed by atoms with E-state index in [-0.39, 0.29) is 0 Å². The SMILES string of the molecule is NC(=NCC(O)CN1CCOCC1)NCCc1cccs1. The van der Waals surface area contributed by atoms with E-state index in [9.17, 15) is 5.11 Å². The fourth-order valence-electron chi connectivity index (χ4n) is 2.17. The highest BCUT2D eigenvalue weighted by molar-refractivity contribution is 7.09. The van der Waals surface area contributed by atoms with E-state index in [1.165, 1.54) is 4.88 Å². The van der Waals surface area contributed by atoms with E-state index in [0.717, 1.165) is 39.3 Å². The highest BCUT2D eigenvalue weighted by Crippen LogP contribution is 2.07. The van der Waals surface area contributed by atoms with Crippen molar-refractivity contribution in [2.24, 2.45) is 10.7 Å². The van der Waals surface area contributed by atoms with Crippen LogP contribution in [0.2, 0.25) is 0 Å². The predicted octanol–water partition coefficient (Wildman–Crippen LogP) is -0.112. The summed E-state index contributed by atoms with van der Waals surface area (Å²) in [6.07, 6.45) is 0.449. The maximum atomic E-state index is 9.95. The lowest BCUT2D eigenvalue weighted by Gasteiger charge is -2.28. The van der Waals surface area contributed by atoms with E-state index < -0.39 is 6.10 Å². The number of guanidine groups is 1. The molecule has 0 spiro atoms. The van der Waals surface area contributed by atoms with E-state index in [1.54, 1.807) is 11.3 Å². The Labute approximate surface area is 129 Å². The molecule has 1 aromatic heterocycles. The van der Waals surface area contributed by atoms with E-state index in [2.05, 4.69) is 26.7 Å². The molecular formula is C14H24N4O2S. The van der Waals surface area contributed by atoms with E-state index in [0.29, 0.717) is 19.0 Å². The summed E-state index contributed by atoms with van der Waals surface area (Å²) in [5, 5.41) is 15.1. The summed E-state index contributed by atoms with van der Waals surface area (Å²) in [5.41, 5.74) is 5.79. The van der Waals surface area contributed by atoms with Crippen LogP contribution >= 0.6 is 11.3 Å². The van der Waals surface area contributed by atoms with Gasteiger partial charge in [-0.2, -0.15) is 0 Å². The van der Waals surface area contributed by atoms with Crippen LogP contribution in [0.4, 0.5) is 0 Å². The van der Waals surface area contributed by atoms with Gasteiger partial charge >= 0.3 is 0 Å². The molecular weight excluding hydrogens is 288 g/mol. The van der Waals surface area contributed by atoms with Crippen LogP contribution in [0.1, 0.15) is 4.88 Å². The molecule has 0 aromatic carbocycles. The molecule has 1 saturated heterocycles. The molecule has 2 heterocycles. The molecule has 0 radical (unpaired) electrons. The molecule has 1 aliphatic rings. The van der Waals surface area contributed by atoms with E-state index in [1.807, 2.05) is 6.07 Å². The minimum Gasteiger partial charge on any atom is -0.390 e. The molecule has 2 rings (SSSR count). The van der Waals surface area contributed by atoms with Gasteiger partial charge in [-0.25, -0.2) is 0 Å². The summed E-state index contributed by atoms with van der Waals surface area (Å²) in [5.74, 6) is 0.396. The van der Waals surface area contributed by atoms with Crippen molar-refractivity contribution in [3.8, 4) is 0 Å². The molecule has 118 valence electrons. The van der Waals surface area contributed by atoms with Crippen molar-refractivity contribution < 1.29 is 9.84 Å². The maximum absolute atomic E-state index is 9.95. The lowest BCUT2D eigenvalue weighted by Crippen LogP contribution is -2.42. The van der Waals surface area contributed by atoms with Gasteiger partial charge in [-0.3, -0.25) is 9.89 Å². The van der Waals surface area contributed by atoms with Gasteiger partial charge in [-0.15, -0.1) is 11.3 Å². The quantitative estimate of drug-likeness (QED) is 0.483. The number of nitrogens with one attached hydrogen (secondary N) is 1. The number of hydrogen-bond donors (Lipinski definition) is 3. The number of aliphatic imine (C=N–C) groups is 1.